The number of sulfonamides is 1. The molecular formula is C13H18ClNO3S. The molecule has 0 radical (unpaired) electrons. The number of hydrogen-bond acceptors (Lipinski definition) is 3. The number of aryl methyl sites for hydroxylation is 1. The molecule has 1 fully saturated rings. The summed E-state index contributed by atoms with van der Waals surface area (Å²) in [7, 11) is -3.58. The standard InChI is InChI=1S/C13H18ClNO3S/c1-9-3-4-13(11(14)7-9)19(17,18)15-6-5-12(16)10(2)8-15/h3-4,7,10,12,16H,5-6,8H2,1-2H3. The van der Waals surface area contributed by atoms with E-state index in [9.17, 15) is 13.5 Å². The minimum atomic E-state index is -3.58. The van der Waals surface area contributed by atoms with Crippen LogP contribution in [0.1, 0.15) is 18.9 Å². The Balaban J connectivity index is 2.32. The lowest BCUT2D eigenvalue weighted by atomic mass is 9.99. The van der Waals surface area contributed by atoms with Gasteiger partial charge in [-0.3, -0.25) is 0 Å². The van der Waals surface area contributed by atoms with Gasteiger partial charge in [-0.2, -0.15) is 4.31 Å². The van der Waals surface area contributed by atoms with Crippen LogP contribution in [0, 0.1) is 12.8 Å². The SMILES string of the molecule is Cc1ccc(S(=O)(=O)N2CCC(O)C(C)C2)c(Cl)c1. The fraction of sp³-hybridized carbons (Fsp3) is 0.538. The fourth-order valence-electron chi connectivity index (χ4n) is 2.27. The largest absolute Gasteiger partial charge is 0.393 e. The molecule has 2 atom stereocenters. The minimum Gasteiger partial charge on any atom is -0.393 e. The maximum absolute atomic E-state index is 12.5. The predicted octanol–water partition coefficient (Wildman–Crippen LogP) is 2.04. The highest BCUT2D eigenvalue weighted by molar-refractivity contribution is 7.89. The van der Waals surface area contributed by atoms with Gasteiger partial charge in [-0.05, 0) is 37.0 Å². The molecule has 1 aromatic rings. The number of aliphatic hydroxyl groups is 1. The highest BCUT2D eigenvalue weighted by atomic mass is 35.5. The van der Waals surface area contributed by atoms with Crippen molar-refractivity contribution in [2.75, 3.05) is 13.1 Å². The van der Waals surface area contributed by atoms with Gasteiger partial charge in [0.15, 0.2) is 0 Å². The number of aliphatic hydroxyl groups excluding tert-OH is 1. The van der Waals surface area contributed by atoms with Crippen molar-refractivity contribution >= 4 is 21.6 Å². The summed E-state index contributed by atoms with van der Waals surface area (Å²) in [5.41, 5.74) is 0.923. The van der Waals surface area contributed by atoms with Crippen LogP contribution in [-0.2, 0) is 10.0 Å². The van der Waals surface area contributed by atoms with Crippen LogP contribution in [0.2, 0.25) is 5.02 Å². The summed E-state index contributed by atoms with van der Waals surface area (Å²) in [6.07, 6.45) is 0.0316. The monoisotopic (exact) mass is 303 g/mol. The first kappa shape index (κ1) is 14.8. The number of nitrogens with zero attached hydrogens (tertiary/aromatic N) is 1. The van der Waals surface area contributed by atoms with Crippen molar-refractivity contribution in [1.82, 2.24) is 4.31 Å². The zero-order valence-electron chi connectivity index (χ0n) is 11.0. The molecule has 0 spiro atoms. The molecule has 106 valence electrons. The molecule has 1 N–H and O–H groups in total. The summed E-state index contributed by atoms with van der Waals surface area (Å²) in [5, 5.41) is 9.92. The van der Waals surface area contributed by atoms with E-state index in [2.05, 4.69) is 0 Å². The summed E-state index contributed by atoms with van der Waals surface area (Å²) in [6, 6.07) is 4.93. The van der Waals surface area contributed by atoms with Crippen molar-refractivity contribution in [2.24, 2.45) is 5.92 Å². The maximum Gasteiger partial charge on any atom is 0.244 e. The molecule has 0 bridgehead atoms. The van der Waals surface area contributed by atoms with Gasteiger partial charge in [0.25, 0.3) is 0 Å². The molecule has 1 aliphatic rings. The summed E-state index contributed by atoms with van der Waals surface area (Å²) < 4.78 is 26.5. The number of hydrogen-bond donors (Lipinski definition) is 1. The van der Waals surface area contributed by atoms with E-state index < -0.39 is 16.1 Å². The number of rotatable bonds is 2. The van der Waals surface area contributed by atoms with Crippen molar-refractivity contribution in [3.05, 3.63) is 28.8 Å². The van der Waals surface area contributed by atoms with Crippen molar-refractivity contribution in [2.45, 2.75) is 31.3 Å². The third kappa shape index (κ3) is 2.94. The highest BCUT2D eigenvalue weighted by Crippen LogP contribution is 2.28. The van der Waals surface area contributed by atoms with Gasteiger partial charge < -0.3 is 5.11 Å². The van der Waals surface area contributed by atoms with Gasteiger partial charge in [-0.15, -0.1) is 0 Å². The number of halogens is 1. The molecule has 1 aliphatic heterocycles. The van der Waals surface area contributed by atoms with Crippen molar-refractivity contribution in [1.29, 1.82) is 0 Å². The number of piperidine rings is 1. The Morgan fingerprint density at radius 2 is 2.11 bits per heavy atom. The molecule has 0 saturated carbocycles. The fourth-order valence-corrected chi connectivity index (χ4v) is 4.40. The normalized spacial score (nSPS) is 25.5. The van der Waals surface area contributed by atoms with E-state index >= 15 is 0 Å². The molecular weight excluding hydrogens is 286 g/mol. The van der Waals surface area contributed by atoms with Gasteiger partial charge in [-0.25, -0.2) is 8.42 Å². The van der Waals surface area contributed by atoms with Crippen LogP contribution >= 0.6 is 11.6 Å². The molecule has 4 nitrogen and oxygen atoms in total. The Morgan fingerprint density at radius 3 is 2.68 bits per heavy atom. The summed E-state index contributed by atoms with van der Waals surface area (Å²) in [5.74, 6) is -0.0623. The lowest BCUT2D eigenvalue weighted by Crippen LogP contribution is -2.44. The van der Waals surface area contributed by atoms with Gasteiger partial charge in [-0.1, -0.05) is 24.6 Å². The second kappa shape index (κ2) is 5.40. The average molecular weight is 304 g/mol. The number of benzene rings is 1. The molecule has 0 amide bonds. The molecule has 2 rings (SSSR count). The Labute approximate surface area is 119 Å². The Hall–Kier alpha value is -0.620. The van der Waals surface area contributed by atoms with Crippen molar-refractivity contribution in [3.63, 3.8) is 0 Å². The molecule has 0 aliphatic carbocycles. The predicted molar refractivity (Wildman–Crippen MR) is 74.7 cm³/mol. The van der Waals surface area contributed by atoms with Gasteiger partial charge in [0.05, 0.1) is 11.1 Å². The van der Waals surface area contributed by atoms with Crippen LogP contribution in [0.25, 0.3) is 0 Å². The van der Waals surface area contributed by atoms with Crippen molar-refractivity contribution < 1.29 is 13.5 Å². The van der Waals surface area contributed by atoms with Gasteiger partial charge in [0.2, 0.25) is 10.0 Å². The molecule has 19 heavy (non-hydrogen) atoms. The third-order valence-corrected chi connectivity index (χ3v) is 5.88. The second-order valence-corrected chi connectivity index (χ2v) is 7.44. The Bertz CT molecular complexity index is 573. The van der Waals surface area contributed by atoms with Gasteiger partial charge in [0.1, 0.15) is 4.90 Å². The summed E-state index contributed by atoms with van der Waals surface area (Å²) in [4.78, 5) is 0.142. The minimum absolute atomic E-state index is 0.0623. The average Bonchev–Trinajstić information content (AvgIpc) is 2.32. The van der Waals surface area contributed by atoms with Crippen LogP contribution < -0.4 is 0 Å². The zero-order chi connectivity index (χ0) is 14.2. The van der Waals surface area contributed by atoms with E-state index in [4.69, 9.17) is 11.6 Å². The molecule has 1 saturated heterocycles. The van der Waals surface area contributed by atoms with Crippen molar-refractivity contribution in [3.8, 4) is 0 Å². The molecule has 6 heteroatoms. The van der Waals surface area contributed by atoms with E-state index in [0.29, 0.717) is 19.5 Å². The van der Waals surface area contributed by atoms with Gasteiger partial charge >= 0.3 is 0 Å². The molecule has 0 aromatic heterocycles. The summed E-state index contributed by atoms with van der Waals surface area (Å²) in [6.45, 7) is 4.37. The lowest BCUT2D eigenvalue weighted by Gasteiger charge is -2.33. The molecule has 1 heterocycles. The molecule has 1 aromatic carbocycles. The first-order valence-corrected chi connectivity index (χ1v) is 8.08. The van der Waals surface area contributed by atoms with Crippen LogP contribution in [0.15, 0.2) is 23.1 Å². The zero-order valence-corrected chi connectivity index (χ0v) is 12.6. The first-order valence-electron chi connectivity index (χ1n) is 6.26. The van der Waals surface area contributed by atoms with E-state index in [1.54, 1.807) is 18.2 Å². The second-order valence-electron chi connectivity index (χ2n) is 5.13. The van der Waals surface area contributed by atoms with Crippen LogP contribution in [-0.4, -0.2) is 37.0 Å². The van der Waals surface area contributed by atoms with E-state index in [1.165, 1.54) is 4.31 Å². The first-order chi connectivity index (χ1) is 8.82. The smallest absolute Gasteiger partial charge is 0.244 e. The van der Waals surface area contributed by atoms with Gasteiger partial charge in [0, 0.05) is 13.1 Å². The lowest BCUT2D eigenvalue weighted by molar-refractivity contribution is 0.0628. The third-order valence-electron chi connectivity index (χ3n) is 3.53. The topological polar surface area (TPSA) is 57.6 Å². The Kier molecular flexibility index (Phi) is 4.20. The van der Waals surface area contributed by atoms with E-state index in [1.807, 2.05) is 13.8 Å². The molecule has 2 unspecified atom stereocenters. The highest BCUT2D eigenvalue weighted by Gasteiger charge is 2.33. The maximum atomic E-state index is 12.5. The van der Waals surface area contributed by atoms with Crippen LogP contribution in [0.5, 0.6) is 0 Å². The van der Waals surface area contributed by atoms with Crippen LogP contribution in [0.3, 0.4) is 0 Å². The van der Waals surface area contributed by atoms with E-state index in [-0.39, 0.29) is 15.8 Å². The van der Waals surface area contributed by atoms with Crippen LogP contribution in [0.4, 0.5) is 0 Å². The van der Waals surface area contributed by atoms with E-state index in [0.717, 1.165) is 5.56 Å². The summed E-state index contributed by atoms with van der Waals surface area (Å²) >= 11 is 6.04. The Morgan fingerprint density at radius 1 is 1.42 bits per heavy atom. The quantitative estimate of drug-likeness (QED) is 0.909.